The lowest BCUT2D eigenvalue weighted by molar-refractivity contribution is -0.116. The van der Waals surface area contributed by atoms with Crippen molar-refractivity contribution in [2.45, 2.75) is 12.8 Å². The second-order valence-electron chi connectivity index (χ2n) is 5.71. The third-order valence-electron chi connectivity index (χ3n) is 3.65. The number of amides is 1. The first-order chi connectivity index (χ1) is 11.8. The van der Waals surface area contributed by atoms with Crippen LogP contribution < -0.4 is 5.32 Å². The monoisotopic (exact) mass is 380 g/mol. The molecule has 134 valence electrons. The Bertz CT molecular complexity index is 810. The van der Waals surface area contributed by atoms with Crippen LogP contribution in [0.2, 0.25) is 5.02 Å². The van der Waals surface area contributed by atoms with Crippen molar-refractivity contribution in [1.29, 1.82) is 0 Å². The molecule has 25 heavy (non-hydrogen) atoms. The van der Waals surface area contributed by atoms with Crippen molar-refractivity contribution in [3.63, 3.8) is 0 Å². The van der Waals surface area contributed by atoms with Gasteiger partial charge in [0.2, 0.25) is 15.9 Å². The zero-order valence-corrected chi connectivity index (χ0v) is 15.6. The fourth-order valence-corrected chi connectivity index (χ4v) is 3.42. The fraction of sp³-hybridized carbons (Fsp3) is 0.278. The molecule has 2 aromatic rings. The first-order valence-corrected chi connectivity index (χ1v) is 10.1. The minimum atomic E-state index is -3.39. The molecule has 0 aliphatic heterocycles. The van der Waals surface area contributed by atoms with Crippen molar-refractivity contribution in [2.75, 3.05) is 24.7 Å². The number of hydrogen-bond donors (Lipinski definition) is 1. The summed E-state index contributed by atoms with van der Waals surface area (Å²) in [5, 5.41) is 3.37. The van der Waals surface area contributed by atoms with E-state index in [0.29, 0.717) is 23.7 Å². The van der Waals surface area contributed by atoms with Gasteiger partial charge in [-0.3, -0.25) is 4.79 Å². The molecule has 2 rings (SSSR count). The average Bonchev–Trinajstić information content (AvgIpc) is 2.54. The Morgan fingerprint density at radius 1 is 1.08 bits per heavy atom. The molecule has 0 unspecified atom stereocenters. The molecule has 0 atom stereocenters. The molecule has 0 aliphatic rings. The van der Waals surface area contributed by atoms with Crippen molar-refractivity contribution in [1.82, 2.24) is 4.31 Å². The van der Waals surface area contributed by atoms with E-state index in [0.717, 1.165) is 11.8 Å². The number of nitrogens with one attached hydrogen (secondary N) is 1. The SMILES string of the molecule is CS(=O)(=O)N(CCC(=O)Nc1ccccc1)CCc1cccc(Cl)c1. The van der Waals surface area contributed by atoms with Gasteiger partial charge in [0, 0.05) is 30.2 Å². The van der Waals surface area contributed by atoms with Crippen LogP contribution in [0.25, 0.3) is 0 Å². The zero-order chi connectivity index (χ0) is 18.3. The van der Waals surface area contributed by atoms with E-state index in [9.17, 15) is 13.2 Å². The molecular formula is C18H21ClN2O3S. The number of sulfonamides is 1. The smallest absolute Gasteiger partial charge is 0.225 e. The number of halogens is 1. The number of hydrogen-bond acceptors (Lipinski definition) is 3. The van der Waals surface area contributed by atoms with Gasteiger partial charge < -0.3 is 5.32 Å². The predicted molar refractivity (Wildman–Crippen MR) is 101 cm³/mol. The second kappa shape index (κ2) is 8.99. The van der Waals surface area contributed by atoms with Crippen LogP contribution in [0, 0.1) is 0 Å². The average molecular weight is 381 g/mol. The lowest BCUT2D eigenvalue weighted by atomic mass is 10.1. The van der Waals surface area contributed by atoms with Crippen LogP contribution >= 0.6 is 11.6 Å². The van der Waals surface area contributed by atoms with Gasteiger partial charge in [0.1, 0.15) is 0 Å². The Hall–Kier alpha value is -1.89. The Labute approximate surface area is 153 Å². The van der Waals surface area contributed by atoms with Gasteiger partial charge in [-0.15, -0.1) is 0 Å². The van der Waals surface area contributed by atoms with E-state index in [1.165, 1.54) is 4.31 Å². The third-order valence-corrected chi connectivity index (χ3v) is 5.19. The number of rotatable bonds is 8. The summed E-state index contributed by atoms with van der Waals surface area (Å²) < 4.78 is 25.2. The summed E-state index contributed by atoms with van der Waals surface area (Å²) in [7, 11) is -3.39. The highest BCUT2D eigenvalue weighted by Gasteiger charge is 2.17. The molecule has 0 saturated carbocycles. The van der Waals surface area contributed by atoms with E-state index in [2.05, 4.69) is 5.32 Å². The molecule has 0 fully saturated rings. The van der Waals surface area contributed by atoms with Crippen LogP contribution in [0.1, 0.15) is 12.0 Å². The summed E-state index contributed by atoms with van der Waals surface area (Å²) in [5.74, 6) is -0.220. The molecule has 0 bridgehead atoms. The van der Waals surface area contributed by atoms with E-state index >= 15 is 0 Å². The lowest BCUT2D eigenvalue weighted by Gasteiger charge is -2.19. The van der Waals surface area contributed by atoms with Gasteiger partial charge in [0.05, 0.1) is 6.26 Å². The summed E-state index contributed by atoms with van der Waals surface area (Å²) >= 11 is 5.95. The first kappa shape index (κ1) is 19.4. The van der Waals surface area contributed by atoms with Gasteiger partial charge in [-0.05, 0) is 36.2 Å². The molecule has 0 saturated heterocycles. The lowest BCUT2D eigenvalue weighted by Crippen LogP contribution is -2.34. The fourth-order valence-electron chi connectivity index (χ4n) is 2.36. The summed E-state index contributed by atoms with van der Waals surface area (Å²) in [5.41, 5.74) is 1.65. The standard InChI is InChI=1S/C18H21ClN2O3S/c1-25(23,24)21(12-10-15-6-5-7-16(19)14-15)13-11-18(22)20-17-8-3-2-4-9-17/h2-9,14H,10-13H2,1H3,(H,20,22). The number of benzene rings is 2. The van der Waals surface area contributed by atoms with Crippen LogP contribution in [0.5, 0.6) is 0 Å². The van der Waals surface area contributed by atoms with Crippen molar-refractivity contribution >= 4 is 33.2 Å². The number of anilines is 1. The van der Waals surface area contributed by atoms with E-state index < -0.39 is 10.0 Å². The number of carbonyl (C=O) groups excluding carboxylic acids is 1. The van der Waals surface area contributed by atoms with E-state index in [4.69, 9.17) is 11.6 Å². The van der Waals surface area contributed by atoms with Crippen LogP contribution in [-0.4, -0.2) is 38.0 Å². The van der Waals surface area contributed by atoms with Gasteiger partial charge in [-0.2, -0.15) is 0 Å². The Morgan fingerprint density at radius 3 is 2.44 bits per heavy atom. The second-order valence-corrected chi connectivity index (χ2v) is 8.13. The summed E-state index contributed by atoms with van der Waals surface area (Å²) in [6.45, 7) is 0.440. The maximum atomic E-state index is 12.0. The van der Waals surface area contributed by atoms with Gasteiger partial charge >= 0.3 is 0 Å². The predicted octanol–water partition coefficient (Wildman–Crippen LogP) is 3.17. The minimum Gasteiger partial charge on any atom is -0.326 e. The molecule has 0 heterocycles. The molecule has 2 aromatic carbocycles. The molecule has 0 radical (unpaired) electrons. The van der Waals surface area contributed by atoms with E-state index in [1.807, 2.05) is 36.4 Å². The summed E-state index contributed by atoms with van der Waals surface area (Å²) in [6.07, 6.45) is 1.78. The molecule has 1 amide bonds. The quantitative estimate of drug-likeness (QED) is 0.764. The maximum Gasteiger partial charge on any atom is 0.225 e. The van der Waals surface area contributed by atoms with Gasteiger partial charge in [-0.25, -0.2) is 12.7 Å². The highest BCUT2D eigenvalue weighted by atomic mass is 35.5. The highest BCUT2D eigenvalue weighted by Crippen LogP contribution is 2.13. The van der Waals surface area contributed by atoms with Gasteiger partial charge in [-0.1, -0.05) is 41.9 Å². The summed E-state index contributed by atoms with van der Waals surface area (Å²) in [4.78, 5) is 12.0. The molecule has 1 N–H and O–H groups in total. The van der Waals surface area contributed by atoms with Crippen LogP contribution in [-0.2, 0) is 21.2 Å². The first-order valence-electron chi connectivity index (χ1n) is 7.89. The molecule has 0 spiro atoms. The molecule has 0 aromatic heterocycles. The van der Waals surface area contributed by atoms with Crippen molar-refractivity contribution in [2.24, 2.45) is 0 Å². The summed E-state index contributed by atoms with van der Waals surface area (Å²) in [6, 6.07) is 16.4. The Morgan fingerprint density at radius 2 is 1.80 bits per heavy atom. The molecule has 7 heteroatoms. The van der Waals surface area contributed by atoms with Crippen molar-refractivity contribution < 1.29 is 13.2 Å². The Balaban J connectivity index is 1.91. The topological polar surface area (TPSA) is 66.5 Å². The Kier molecular flexibility index (Phi) is 6.99. The highest BCUT2D eigenvalue weighted by molar-refractivity contribution is 7.88. The van der Waals surface area contributed by atoms with Crippen molar-refractivity contribution in [3.8, 4) is 0 Å². The van der Waals surface area contributed by atoms with Gasteiger partial charge in [0.25, 0.3) is 0 Å². The van der Waals surface area contributed by atoms with E-state index in [1.54, 1.807) is 18.2 Å². The minimum absolute atomic E-state index is 0.0948. The normalized spacial score (nSPS) is 11.5. The third kappa shape index (κ3) is 6.86. The van der Waals surface area contributed by atoms with E-state index in [-0.39, 0.29) is 18.9 Å². The molecule has 5 nitrogen and oxygen atoms in total. The van der Waals surface area contributed by atoms with Crippen LogP contribution in [0.4, 0.5) is 5.69 Å². The van der Waals surface area contributed by atoms with Crippen LogP contribution in [0.15, 0.2) is 54.6 Å². The number of carbonyl (C=O) groups is 1. The zero-order valence-electron chi connectivity index (χ0n) is 14.0. The van der Waals surface area contributed by atoms with Crippen molar-refractivity contribution in [3.05, 3.63) is 65.2 Å². The molecule has 0 aliphatic carbocycles. The number of para-hydroxylation sites is 1. The number of nitrogens with zero attached hydrogens (tertiary/aromatic N) is 1. The largest absolute Gasteiger partial charge is 0.326 e. The maximum absolute atomic E-state index is 12.0. The van der Waals surface area contributed by atoms with Gasteiger partial charge in [0.15, 0.2) is 0 Å². The van der Waals surface area contributed by atoms with Crippen LogP contribution in [0.3, 0.4) is 0 Å². The molecular weight excluding hydrogens is 360 g/mol.